The Morgan fingerprint density at radius 2 is 2.04 bits per heavy atom. The van der Waals surface area contributed by atoms with E-state index in [0.717, 1.165) is 13.8 Å². The van der Waals surface area contributed by atoms with Gasteiger partial charge in [-0.15, -0.1) is 0 Å². The maximum absolute atomic E-state index is 12.4. The minimum Gasteiger partial charge on any atom is -0.394 e. The Hall–Kier alpha value is -1.43. The first-order valence-electron chi connectivity index (χ1n) is 7.82. The number of hydrogen-bond donors (Lipinski definition) is 4. The first-order valence-corrected chi connectivity index (χ1v) is 7.32. The minimum absolute atomic E-state index is 0.125. The third kappa shape index (κ3) is 4.35. The number of nitrogens with two attached hydrogens (primary N) is 1. The molecule has 2 amide bonds. The number of nitrogens with zero attached hydrogens (tertiary/aromatic N) is 1. The molecule has 1 heterocycles. The smallest absolute Gasteiger partial charge is 0.258 e. The van der Waals surface area contributed by atoms with E-state index in [9.17, 15) is 24.6 Å². The van der Waals surface area contributed by atoms with E-state index in [4.69, 9.17) is 21.7 Å². The van der Waals surface area contributed by atoms with E-state index in [1.165, 1.54) is 6.92 Å². The molecule has 0 aliphatic carbocycles. The summed E-state index contributed by atoms with van der Waals surface area (Å²) in [6.45, 7) is 2.70. The molecule has 1 fully saturated rings. The second-order valence-corrected chi connectivity index (χ2v) is 5.51. The lowest BCUT2D eigenvalue weighted by Gasteiger charge is -2.41. The number of amides is 2. The molecule has 10 nitrogen and oxygen atoms in total. The standard InChI is InChI=1S/C14H24N2O8/c1-6(4-17)16(8(3)19)13(21)7(2)23-12-10(15)14(22)24-9(5-18)11(12)20/h4,6-7,9-12,14,18,20,22H,5,15H2,1-3H3/t6-,7?,9+,10+,11+,12+,14-/m0/s1/i6D. The van der Waals surface area contributed by atoms with E-state index in [1.54, 1.807) is 0 Å². The van der Waals surface area contributed by atoms with Gasteiger partial charge < -0.3 is 35.3 Å². The molecule has 0 bridgehead atoms. The molecule has 1 saturated heterocycles. The van der Waals surface area contributed by atoms with Crippen molar-refractivity contribution in [3.63, 3.8) is 0 Å². The highest BCUT2D eigenvalue weighted by Crippen LogP contribution is 2.22. The van der Waals surface area contributed by atoms with Crippen LogP contribution in [0.2, 0.25) is 0 Å². The van der Waals surface area contributed by atoms with Crippen molar-refractivity contribution >= 4 is 18.1 Å². The van der Waals surface area contributed by atoms with Crippen molar-refractivity contribution in [2.45, 2.75) is 63.5 Å². The molecule has 1 rings (SSSR count). The summed E-state index contributed by atoms with van der Waals surface area (Å²) in [7, 11) is 0. The number of rotatable bonds is 6. The summed E-state index contributed by atoms with van der Waals surface area (Å²) >= 11 is 0. The maximum Gasteiger partial charge on any atom is 0.258 e. The van der Waals surface area contributed by atoms with Gasteiger partial charge in [0.05, 0.1) is 20.0 Å². The van der Waals surface area contributed by atoms with Gasteiger partial charge >= 0.3 is 0 Å². The monoisotopic (exact) mass is 349 g/mol. The predicted octanol–water partition coefficient (Wildman–Crippen LogP) is -2.88. The zero-order chi connectivity index (χ0) is 19.5. The molecule has 138 valence electrons. The topological polar surface area (TPSA) is 160 Å². The molecular weight excluding hydrogens is 324 g/mol. The van der Waals surface area contributed by atoms with E-state index >= 15 is 0 Å². The van der Waals surface area contributed by atoms with E-state index in [2.05, 4.69) is 0 Å². The normalized spacial score (nSPS) is 34.6. The third-order valence-electron chi connectivity index (χ3n) is 3.69. The molecule has 7 atom stereocenters. The minimum atomic E-state index is -2.13. The number of imide groups is 1. The van der Waals surface area contributed by atoms with E-state index in [-0.39, 0.29) is 6.29 Å². The number of ether oxygens (including phenoxy) is 2. The third-order valence-corrected chi connectivity index (χ3v) is 3.69. The largest absolute Gasteiger partial charge is 0.394 e. The van der Waals surface area contributed by atoms with Crippen LogP contribution in [0.15, 0.2) is 0 Å². The molecule has 0 aromatic carbocycles. The van der Waals surface area contributed by atoms with Crippen molar-refractivity contribution in [3.8, 4) is 0 Å². The average molecular weight is 349 g/mol. The molecule has 0 saturated carbocycles. The number of carbonyl (C=O) groups excluding carboxylic acids is 3. The summed E-state index contributed by atoms with van der Waals surface area (Å²) in [4.78, 5) is 35.5. The van der Waals surface area contributed by atoms with Crippen LogP contribution >= 0.6 is 0 Å². The van der Waals surface area contributed by atoms with Crippen molar-refractivity contribution in [1.82, 2.24) is 4.90 Å². The van der Waals surface area contributed by atoms with Crippen LogP contribution in [-0.4, -0.2) is 87.7 Å². The summed E-state index contributed by atoms with van der Waals surface area (Å²) in [5, 5.41) is 29.0. The lowest BCUT2D eigenvalue weighted by atomic mass is 9.97. The molecule has 1 aliphatic rings. The summed E-state index contributed by atoms with van der Waals surface area (Å²) < 4.78 is 18.1. The van der Waals surface area contributed by atoms with Crippen LogP contribution in [0.3, 0.4) is 0 Å². The van der Waals surface area contributed by atoms with Gasteiger partial charge in [-0.25, -0.2) is 0 Å². The molecule has 0 radical (unpaired) electrons. The Morgan fingerprint density at radius 1 is 1.46 bits per heavy atom. The molecule has 24 heavy (non-hydrogen) atoms. The van der Waals surface area contributed by atoms with Crippen molar-refractivity contribution in [2.24, 2.45) is 5.73 Å². The van der Waals surface area contributed by atoms with Gasteiger partial charge in [0.1, 0.15) is 30.7 Å². The van der Waals surface area contributed by atoms with Gasteiger partial charge in [-0.05, 0) is 13.8 Å². The molecule has 1 aliphatic heterocycles. The summed E-state index contributed by atoms with van der Waals surface area (Å²) in [6, 6.07) is -3.36. The van der Waals surface area contributed by atoms with Gasteiger partial charge in [0.15, 0.2) is 6.29 Å². The first-order chi connectivity index (χ1) is 11.5. The molecule has 0 spiro atoms. The van der Waals surface area contributed by atoms with Crippen molar-refractivity contribution < 1.29 is 40.5 Å². The number of aliphatic hydroxyl groups excluding tert-OH is 3. The molecule has 5 N–H and O–H groups in total. The van der Waals surface area contributed by atoms with Crippen LogP contribution in [0.1, 0.15) is 22.1 Å². The van der Waals surface area contributed by atoms with Crippen LogP contribution in [0.25, 0.3) is 0 Å². The highest BCUT2D eigenvalue weighted by atomic mass is 16.6. The highest BCUT2D eigenvalue weighted by molar-refractivity contribution is 5.98. The average Bonchev–Trinajstić information content (AvgIpc) is 2.53. The fraction of sp³-hybridized carbons (Fsp3) is 0.786. The molecule has 1 unspecified atom stereocenters. The highest BCUT2D eigenvalue weighted by Gasteiger charge is 2.45. The van der Waals surface area contributed by atoms with Crippen molar-refractivity contribution in [3.05, 3.63) is 0 Å². The second-order valence-electron chi connectivity index (χ2n) is 5.51. The Labute approximate surface area is 140 Å². The van der Waals surface area contributed by atoms with Crippen LogP contribution in [0, 0.1) is 0 Å². The first kappa shape index (κ1) is 18.9. The zero-order valence-corrected chi connectivity index (χ0v) is 13.7. The van der Waals surface area contributed by atoms with Gasteiger partial charge in [0.2, 0.25) is 5.91 Å². The number of aliphatic hydroxyl groups is 3. The summed E-state index contributed by atoms with van der Waals surface area (Å²) in [5.41, 5.74) is 5.70. The van der Waals surface area contributed by atoms with Crippen LogP contribution in [0.5, 0.6) is 0 Å². The number of carbonyl (C=O) groups is 3. The Bertz CT molecular complexity index is 517. The van der Waals surface area contributed by atoms with Gasteiger partial charge in [0, 0.05) is 6.92 Å². The zero-order valence-electron chi connectivity index (χ0n) is 14.7. The van der Waals surface area contributed by atoms with Gasteiger partial charge in [-0.1, -0.05) is 0 Å². The van der Waals surface area contributed by atoms with Crippen LogP contribution in [0.4, 0.5) is 0 Å². The molecular formula is C14H24N2O8. The van der Waals surface area contributed by atoms with E-state index < -0.39 is 61.2 Å². The summed E-state index contributed by atoms with van der Waals surface area (Å²) in [5.74, 6) is -1.83. The van der Waals surface area contributed by atoms with Gasteiger partial charge in [0.25, 0.3) is 5.91 Å². The lowest BCUT2D eigenvalue weighted by molar-refractivity contribution is -0.262. The Kier molecular flexibility index (Phi) is 6.78. The Balaban J connectivity index is 2.98. The molecule has 0 aromatic heterocycles. The predicted molar refractivity (Wildman–Crippen MR) is 79.3 cm³/mol. The van der Waals surface area contributed by atoms with E-state index in [0.29, 0.717) is 4.90 Å². The van der Waals surface area contributed by atoms with Crippen molar-refractivity contribution in [1.29, 1.82) is 0 Å². The van der Waals surface area contributed by atoms with Crippen molar-refractivity contribution in [2.75, 3.05) is 6.61 Å². The second kappa shape index (κ2) is 8.60. The number of hydrogen-bond acceptors (Lipinski definition) is 9. The molecule has 10 heteroatoms. The Morgan fingerprint density at radius 3 is 2.50 bits per heavy atom. The molecule has 0 aromatic rings. The lowest BCUT2D eigenvalue weighted by Crippen LogP contribution is -2.64. The van der Waals surface area contributed by atoms with Crippen LogP contribution in [-0.2, 0) is 23.9 Å². The van der Waals surface area contributed by atoms with Gasteiger partial charge in [-0.3, -0.25) is 14.5 Å². The fourth-order valence-electron chi connectivity index (χ4n) is 2.38. The van der Waals surface area contributed by atoms with E-state index in [1.807, 2.05) is 0 Å². The SMILES string of the molecule is [2H][C@](C)(C=O)N(C(C)=O)C(=O)C(C)O[C@@H]1[C@@H](N)[C@@H](O)O[C@H](CO)[C@H]1O. The fourth-order valence-corrected chi connectivity index (χ4v) is 2.38. The number of aldehydes is 1. The van der Waals surface area contributed by atoms with Gasteiger partial charge in [-0.2, -0.15) is 0 Å². The maximum atomic E-state index is 12.4. The van der Waals surface area contributed by atoms with Crippen LogP contribution < -0.4 is 5.73 Å². The quantitative estimate of drug-likeness (QED) is 0.369. The summed E-state index contributed by atoms with van der Waals surface area (Å²) in [6.07, 6.45) is -6.71.